The van der Waals surface area contributed by atoms with Gasteiger partial charge < -0.3 is 15.2 Å². The van der Waals surface area contributed by atoms with Crippen LogP contribution in [0.2, 0.25) is 0 Å². The fraction of sp³-hybridized carbons (Fsp3) is 0.562. The SMILES string of the molecule is CC(C)C[C@H](NS(=O)(=O)c1ccccc1)C(=O)N[C@H]1CCOC1O. The summed E-state index contributed by atoms with van der Waals surface area (Å²) in [5.41, 5.74) is 0. The predicted octanol–water partition coefficient (Wildman–Crippen LogP) is 0.603. The topological polar surface area (TPSA) is 105 Å². The fourth-order valence-electron chi connectivity index (χ4n) is 2.54. The zero-order valence-electron chi connectivity index (χ0n) is 13.8. The van der Waals surface area contributed by atoms with Gasteiger partial charge in [0, 0.05) is 0 Å². The molecule has 1 fully saturated rings. The van der Waals surface area contributed by atoms with Gasteiger partial charge in [-0.1, -0.05) is 32.0 Å². The minimum Gasteiger partial charge on any atom is -0.366 e. The lowest BCUT2D eigenvalue weighted by atomic mass is 10.0. The van der Waals surface area contributed by atoms with Crippen LogP contribution in [0.4, 0.5) is 0 Å². The molecule has 1 aliphatic rings. The third kappa shape index (κ3) is 5.01. The highest BCUT2D eigenvalue weighted by Crippen LogP contribution is 2.14. The van der Waals surface area contributed by atoms with E-state index in [1.807, 2.05) is 13.8 Å². The van der Waals surface area contributed by atoms with Crippen molar-refractivity contribution in [2.75, 3.05) is 6.61 Å². The number of ether oxygens (including phenoxy) is 1. The van der Waals surface area contributed by atoms with Crippen LogP contribution >= 0.6 is 0 Å². The van der Waals surface area contributed by atoms with Gasteiger partial charge in [0.25, 0.3) is 0 Å². The van der Waals surface area contributed by atoms with Crippen molar-refractivity contribution in [2.24, 2.45) is 5.92 Å². The molecule has 7 nitrogen and oxygen atoms in total. The van der Waals surface area contributed by atoms with E-state index in [2.05, 4.69) is 10.0 Å². The van der Waals surface area contributed by atoms with Crippen molar-refractivity contribution in [1.29, 1.82) is 0 Å². The number of nitrogens with one attached hydrogen (secondary N) is 2. The number of aliphatic hydroxyl groups excluding tert-OH is 1. The number of aliphatic hydroxyl groups is 1. The number of hydrogen-bond donors (Lipinski definition) is 3. The van der Waals surface area contributed by atoms with E-state index in [4.69, 9.17) is 4.74 Å². The molecule has 0 radical (unpaired) electrons. The van der Waals surface area contributed by atoms with Crippen LogP contribution in [0.25, 0.3) is 0 Å². The number of rotatable bonds is 7. The van der Waals surface area contributed by atoms with Crippen LogP contribution in [0.15, 0.2) is 35.2 Å². The molecule has 0 spiro atoms. The van der Waals surface area contributed by atoms with Gasteiger partial charge in [-0.15, -0.1) is 0 Å². The summed E-state index contributed by atoms with van der Waals surface area (Å²) in [5.74, 6) is -0.346. The molecule has 2 rings (SSSR count). The second-order valence-electron chi connectivity index (χ2n) is 6.28. The summed E-state index contributed by atoms with van der Waals surface area (Å²) in [4.78, 5) is 12.6. The zero-order valence-corrected chi connectivity index (χ0v) is 14.6. The standard InChI is InChI=1S/C16H24N2O5S/c1-11(2)10-14(15(19)17-13-8-9-23-16(13)20)18-24(21,22)12-6-4-3-5-7-12/h3-7,11,13-14,16,18,20H,8-10H2,1-2H3,(H,17,19)/t13-,14-,16?/m0/s1. The summed E-state index contributed by atoms with van der Waals surface area (Å²) in [6, 6.07) is 6.48. The van der Waals surface area contributed by atoms with Crippen molar-refractivity contribution >= 4 is 15.9 Å². The van der Waals surface area contributed by atoms with E-state index in [0.29, 0.717) is 19.4 Å². The Morgan fingerprint density at radius 2 is 2.00 bits per heavy atom. The molecule has 0 aromatic heterocycles. The molecule has 3 N–H and O–H groups in total. The van der Waals surface area contributed by atoms with Gasteiger partial charge in [-0.2, -0.15) is 4.72 Å². The molecule has 1 amide bonds. The van der Waals surface area contributed by atoms with Crippen molar-refractivity contribution in [3.63, 3.8) is 0 Å². The molecule has 0 bridgehead atoms. The van der Waals surface area contributed by atoms with E-state index >= 15 is 0 Å². The molecule has 1 saturated heterocycles. The van der Waals surface area contributed by atoms with Gasteiger partial charge in [0.1, 0.15) is 6.04 Å². The first kappa shape index (κ1) is 18.9. The molecule has 3 atom stereocenters. The third-order valence-corrected chi connectivity index (χ3v) is 5.25. The first-order chi connectivity index (χ1) is 11.3. The Morgan fingerprint density at radius 3 is 2.54 bits per heavy atom. The molecular formula is C16H24N2O5S. The average Bonchev–Trinajstić information content (AvgIpc) is 2.92. The quantitative estimate of drug-likeness (QED) is 0.664. The monoisotopic (exact) mass is 356 g/mol. The Kier molecular flexibility index (Phi) is 6.34. The predicted molar refractivity (Wildman–Crippen MR) is 88.5 cm³/mol. The zero-order chi connectivity index (χ0) is 17.7. The summed E-state index contributed by atoms with van der Waals surface area (Å²) >= 11 is 0. The molecule has 24 heavy (non-hydrogen) atoms. The highest BCUT2D eigenvalue weighted by Gasteiger charge is 2.32. The highest BCUT2D eigenvalue weighted by atomic mass is 32.2. The molecule has 1 unspecified atom stereocenters. The normalized spacial score (nSPS) is 22.5. The molecule has 0 saturated carbocycles. The van der Waals surface area contributed by atoms with Gasteiger partial charge in [-0.3, -0.25) is 4.79 Å². The van der Waals surface area contributed by atoms with Gasteiger partial charge >= 0.3 is 0 Å². The lowest BCUT2D eigenvalue weighted by molar-refractivity contribution is -0.127. The Labute approximate surface area is 142 Å². The number of hydrogen-bond acceptors (Lipinski definition) is 5. The summed E-state index contributed by atoms with van der Waals surface area (Å²) < 4.78 is 32.4. The molecule has 1 aromatic carbocycles. The summed E-state index contributed by atoms with van der Waals surface area (Å²) in [7, 11) is -3.80. The maximum Gasteiger partial charge on any atom is 0.241 e. The van der Waals surface area contributed by atoms with E-state index in [-0.39, 0.29) is 10.8 Å². The van der Waals surface area contributed by atoms with E-state index < -0.39 is 34.3 Å². The van der Waals surface area contributed by atoms with Crippen LogP contribution < -0.4 is 10.0 Å². The molecule has 1 aromatic rings. The van der Waals surface area contributed by atoms with Crippen molar-refractivity contribution < 1.29 is 23.1 Å². The summed E-state index contributed by atoms with van der Waals surface area (Å²) in [6.45, 7) is 4.17. The summed E-state index contributed by atoms with van der Waals surface area (Å²) in [6.07, 6.45) is -0.215. The Morgan fingerprint density at radius 1 is 1.33 bits per heavy atom. The van der Waals surface area contributed by atoms with Crippen LogP contribution in [-0.2, 0) is 19.6 Å². The summed E-state index contributed by atoms with van der Waals surface area (Å²) in [5, 5.41) is 12.3. The number of carbonyl (C=O) groups excluding carboxylic acids is 1. The number of benzene rings is 1. The average molecular weight is 356 g/mol. The minimum atomic E-state index is -3.80. The molecule has 0 aliphatic carbocycles. The Hall–Kier alpha value is -1.48. The maximum atomic E-state index is 12.5. The lowest BCUT2D eigenvalue weighted by Crippen LogP contribution is -2.51. The second-order valence-corrected chi connectivity index (χ2v) is 8.00. The van der Waals surface area contributed by atoms with Gasteiger partial charge in [-0.25, -0.2) is 8.42 Å². The first-order valence-electron chi connectivity index (χ1n) is 7.97. The number of sulfonamides is 1. The van der Waals surface area contributed by atoms with Crippen molar-refractivity contribution in [1.82, 2.24) is 10.0 Å². The van der Waals surface area contributed by atoms with E-state index in [1.54, 1.807) is 18.2 Å². The highest BCUT2D eigenvalue weighted by molar-refractivity contribution is 7.89. The fourth-order valence-corrected chi connectivity index (χ4v) is 3.77. The first-order valence-corrected chi connectivity index (χ1v) is 9.45. The molecule has 134 valence electrons. The van der Waals surface area contributed by atoms with E-state index in [0.717, 1.165) is 0 Å². The van der Waals surface area contributed by atoms with Crippen molar-refractivity contribution in [2.45, 2.75) is 50.0 Å². The largest absolute Gasteiger partial charge is 0.366 e. The van der Waals surface area contributed by atoms with Crippen LogP contribution in [0, 0.1) is 5.92 Å². The van der Waals surface area contributed by atoms with Crippen molar-refractivity contribution in [3.05, 3.63) is 30.3 Å². The molecule has 8 heteroatoms. The smallest absolute Gasteiger partial charge is 0.241 e. The molecular weight excluding hydrogens is 332 g/mol. The number of amides is 1. The van der Waals surface area contributed by atoms with Crippen LogP contribution in [-0.4, -0.2) is 44.4 Å². The van der Waals surface area contributed by atoms with Gasteiger partial charge in [0.05, 0.1) is 17.5 Å². The van der Waals surface area contributed by atoms with E-state index in [9.17, 15) is 18.3 Å². The van der Waals surface area contributed by atoms with Crippen molar-refractivity contribution in [3.8, 4) is 0 Å². The van der Waals surface area contributed by atoms with Gasteiger partial charge in [-0.05, 0) is 30.9 Å². The minimum absolute atomic E-state index is 0.107. The molecule has 1 aliphatic heterocycles. The second kappa shape index (κ2) is 8.06. The van der Waals surface area contributed by atoms with E-state index in [1.165, 1.54) is 12.1 Å². The van der Waals surface area contributed by atoms with Crippen LogP contribution in [0.5, 0.6) is 0 Å². The van der Waals surface area contributed by atoms with Gasteiger partial charge in [0.2, 0.25) is 15.9 Å². The van der Waals surface area contributed by atoms with Crippen LogP contribution in [0.3, 0.4) is 0 Å². The van der Waals surface area contributed by atoms with Crippen LogP contribution in [0.1, 0.15) is 26.7 Å². The lowest BCUT2D eigenvalue weighted by Gasteiger charge is -2.23. The number of carbonyl (C=O) groups is 1. The Balaban J connectivity index is 2.11. The third-order valence-electron chi connectivity index (χ3n) is 3.76. The maximum absolute atomic E-state index is 12.5. The molecule has 1 heterocycles. The Bertz CT molecular complexity index is 648. The van der Waals surface area contributed by atoms with Gasteiger partial charge in [0.15, 0.2) is 6.29 Å².